The Morgan fingerprint density at radius 3 is 2.80 bits per heavy atom. The van der Waals surface area contributed by atoms with E-state index in [1.165, 1.54) is 18.4 Å². The van der Waals surface area contributed by atoms with Gasteiger partial charge in [-0.3, -0.25) is 14.3 Å². The number of hydrogen-bond donors (Lipinski definition) is 0. The second-order valence-corrected chi connectivity index (χ2v) is 7.34. The van der Waals surface area contributed by atoms with Gasteiger partial charge in [0, 0.05) is 23.3 Å². The summed E-state index contributed by atoms with van der Waals surface area (Å²) in [6.07, 6.45) is 1.76. The van der Waals surface area contributed by atoms with Crippen LogP contribution in [0, 0.1) is 6.92 Å². The van der Waals surface area contributed by atoms with Crippen molar-refractivity contribution in [2.45, 2.75) is 13.5 Å². The Bertz CT molecular complexity index is 1050. The number of amides is 1. The lowest BCUT2D eigenvalue weighted by Gasteiger charge is -2.03. The van der Waals surface area contributed by atoms with Gasteiger partial charge in [0.25, 0.3) is 5.91 Å². The lowest BCUT2D eigenvalue weighted by atomic mass is 10.3. The summed E-state index contributed by atoms with van der Waals surface area (Å²) in [7, 11) is 3.07. The molecule has 0 unspecified atom stereocenters. The van der Waals surface area contributed by atoms with E-state index in [1.807, 2.05) is 18.2 Å². The number of benzene rings is 1. The van der Waals surface area contributed by atoms with Crippen LogP contribution in [0.4, 0.5) is 0 Å². The Morgan fingerprint density at radius 1 is 1.40 bits per heavy atom. The zero-order valence-electron chi connectivity index (χ0n) is 13.8. The molecule has 25 heavy (non-hydrogen) atoms. The van der Waals surface area contributed by atoms with Crippen molar-refractivity contribution < 1.29 is 14.3 Å². The van der Waals surface area contributed by atoms with Crippen molar-refractivity contribution in [1.29, 1.82) is 0 Å². The van der Waals surface area contributed by atoms with Gasteiger partial charge in [-0.15, -0.1) is 0 Å². The molecule has 0 radical (unpaired) electrons. The number of esters is 1. The fourth-order valence-electron chi connectivity index (χ4n) is 2.44. The molecule has 130 valence electrons. The fraction of sp³-hybridized carbons (Fsp3) is 0.250. The largest absolute Gasteiger partial charge is 0.468 e. The van der Waals surface area contributed by atoms with E-state index in [4.69, 9.17) is 4.74 Å². The van der Waals surface area contributed by atoms with Crippen molar-refractivity contribution in [3.63, 3.8) is 0 Å². The number of halogens is 1. The highest BCUT2D eigenvalue weighted by Gasteiger charge is 2.15. The number of aromatic nitrogens is 3. The summed E-state index contributed by atoms with van der Waals surface area (Å²) < 4.78 is 9.82. The minimum atomic E-state index is -0.442. The minimum Gasteiger partial charge on any atom is -0.468 e. The summed E-state index contributed by atoms with van der Waals surface area (Å²) in [5.41, 5.74) is 1.85. The topological polar surface area (TPSA) is 78.5 Å². The maximum atomic E-state index is 12.5. The zero-order valence-corrected chi connectivity index (χ0v) is 16.2. The van der Waals surface area contributed by atoms with Crippen LogP contribution >= 0.6 is 27.3 Å². The van der Waals surface area contributed by atoms with Gasteiger partial charge >= 0.3 is 5.97 Å². The molecule has 9 heteroatoms. The van der Waals surface area contributed by atoms with E-state index >= 15 is 0 Å². The van der Waals surface area contributed by atoms with Gasteiger partial charge in [-0.2, -0.15) is 10.1 Å². The van der Waals surface area contributed by atoms with Gasteiger partial charge in [0.2, 0.25) is 0 Å². The van der Waals surface area contributed by atoms with Gasteiger partial charge in [-0.05, 0) is 25.1 Å². The second kappa shape index (κ2) is 6.93. The number of carbonyl (C=O) groups excluding carboxylic acids is 2. The SMILES string of the molecule is COC(=O)Cn1c(=NC(=O)c2nn(C)cc2C)sc2cc(Br)ccc21. The van der Waals surface area contributed by atoms with Crippen molar-refractivity contribution in [2.75, 3.05) is 7.11 Å². The third-order valence-electron chi connectivity index (χ3n) is 3.57. The smallest absolute Gasteiger partial charge is 0.325 e. The third-order valence-corrected chi connectivity index (χ3v) is 5.11. The van der Waals surface area contributed by atoms with E-state index in [2.05, 4.69) is 26.0 Å². The summed E-state index contributed by atoms with van der Waals surface area (Å²) >= 11 is 4.76. The molecule has 2 aromatic heterocycles. The van der Waals surface area contributed by atoms with Gasteiger partial charge in [-0.25, -0.2) is 0 Å². The van der Waals surface area contributed by atoms with Crippen LogP contribution in [0.25, 0.3) is 10.2 Å². The molecule has 0 N–H and O–H groups in total. The van der Waals surface area contributed by atoms with E-state index in [1.54, 1.807) is 29.4 Å². The fourth-order valence-corrected chi connectivity index (χ4v) is 4.02. The highest BCUT2D eigenvalue weighted by Crippen LogP contribution is 2.22. The Labute approximate surface area is 155 Å². The quantitative estimate of drug-likeness (QED) is 0.607. The molecule has 0 aliphatic rings. The lowest BCUT2D eigenvalue weighted by Crippen LogP contribution is -2.22. The van der Waals surface area contributed by atoms with Gasteiger partial charge in [-0.1, -0.05) is 27.3 Å². The monoisotopic (exact) mass is 422 g/mol. The first-order valence-corrected chi connectivity index (χ1v) is 8.95. The van der Waals surface area contributed by atoms with Crippen molar-refractivity contribution in [3.8, 4) is 0 Å². The number of nitrogens with zero attached hydrogens (tertiary/aromatic N) is 4. The number of hydrogen-bond acceptors (Lipinski definition) is 5. The summed E-state index contributed by atoms with van der Waals surface area (Å²) in [5, 5.41) is 4.15. The van der Waals surface area contributed by atoms with Gasteiger partial charge in [0.1, 0.15) is 6.54 Å². The Hall–Kier alpha value is -2.26. The van der Waals surface area contributed by atoms with E-state index < -0.39 is 11.9 Å². The highest BCUT2D eigenvalue weighted by molar-refractivity contribution is 9.10. The molecule has 0 aliphatic carbocycles. The third kappa shape index (κ3) is 3.57. The molecule has 1 amide bonds. The lowest BCUT2D eigenvalue weighted by molar-refractivity contribution is -0.141. The van der Waals surface area contributed by atoms with E-state index in [0.717, 1.165) is 20.3 Å². The van der Waals surface area contributed by atoms with E-state index in [0.29, 0.717) is 10.5 Å². The molecular formula is C16H15BrN4O3S. The van der Waals surface area contributed by atoms with Gasteiger partial charge in [0.15, 0.2) is 10.5 Å². The standard InChI is InChI=1S/C16H15BrN4O3S/c1-9-7-20(2)19-14(9)15(23)18-16-21(8-13(22)24-3)11-5-4-10(17)6-12(11)25-16/h4-7H,8H2,1-3H3. The van der Waals surface area contributed by atoms with Crippen LogP contribution in [0.1, 0.15) is 16.1 Å². The van der Waals surface area contributed by atoms with Crippen LogP contribution in [0.5, 0.6) is 0 Å². The first-order chi connectivity index (χ1) is 11.9. The van der Waals surface area contributed by atoms with Crippen LogP contribution in [0.2, 0.25) is 0 Å². The molecule has 3 aromatic rings. The van der Waals surface area contributed by atoms with Crippen LogP contribution in [0.3, 0.4) is 0 Å². The molecule has 0 saturated heterocycles. The number of thiazole rings is 1. The number of methoxy groups -OCH3 is 1. The molecule has 3 rings (SSSR count). The molecule has 0 bridgehead atoms. The maximum absolute atomic E-state index is 12.5. The minimum absolute atomic E-state index is 0.0224. The van der Waals surface area contributed by atoms with Crippen molar-refractivity contribution in [3.05, 3.63) is 44.9 Å². The number of carbonyl (C=O) groups is 2. The predicted molar refractivity (Wildman–Crippen MR) is 97.4 cm³/mol. The summed E-state index contributed by atoms with van der Waals surface area (Å²) in [6, 6.07) is 5.66. The second-order valence-electron chi connectivity index (χ2n) is 5.41. The Balaban J connectivity index is 2.16. The summed E-state index contributed by atoms with van der Waals surface area (Å²) in [4.78, 5) is 28.9. The average molecular weight is 423 g/mol. The van der Waals surface area contributed by atoms with E-state index in [9.17, 15) is 9.59 Å². The molecule has 1 aromatic carbocycles. The van der Waals surface area contributed by atoms with Crippen LogP contribution in [-0.4, -0.2) is 33.3 Å². The average Bonchev–Trinajstić information content (AvgIpc) is 3.06. The van der Waals surface area contributed by atoms with Crippen LogP contribution in [0.15, 0.2) is 33.9 Å². The van der Waals surface area contributed by atoms with Crippen molar-refractivity contribution in [2.24, 2.45) is 12.0 Å². The maximum Gasteiger partial charge on any atom is 0.325 e. The zero-order chi connectivity index (χ0) is 18.1. The normalized spacial score (nSPS) is 11.9. The molecular weight excluding hydrogens is 408 g/mol. The van der Waals surface area contributed by atoms with Crippen molar-refractivity contribution in [1.82, 2.24) is 14.3 Å². The number of fused-ring (bicyclic) bond motifs is 1. The Morgan fingerprint density at radius 2 is 2.16 bits per heavy atom. The number of ether oxygens (including phenoxy) is 1. The molecule has 0 spiro atoms. The van der Waals surface area contributed by atoms with E-state index in [-0.39, 0.29) is 6.54 Å². The molecule has 0 atom stereocenters. The van der Waals surface area contributed by atoms with Gasteiger partial charge < -0.3 is 9.30 Å². The Kier molecular flexibility index (Phi) is 4.87. The first-order valence-electron chi connectivity index (χ1n) is 7.34. The molecule has 0 saturated carbocycles. The molecule has 0 aliphatic heterocycles. The van der Waals surface area contributed by atoms with Crippen LogP contribution in [-0.2, 0) is 23.1 Å². The number of rotatable bonds is 3. The summed E-state index contributed by atoms with van der Waals surface area (Å²) in [6.45, 7) is 1.78. The summed E-state index contributed by atoms with van der Waals surface area (Å²) in [5.74, 6) is -0.854. The molecule has 2 heterocycles. The van der Waals surface area contributed by atoms with Crippen LogP contribution < -0.4 is 4.80 Å². The van der Waals surface area contributed by atoms with Gasteiger partial charge in [0.05, 0.1) is 17.3 Å². The number of aryl methyl sites for hydroxylation is 2. The molecule has 0 fully saturated rings. The molecule has 7 nitrogen and oxygen atoms in total. The van der Waals surface area contributed by atoms with Crippen molar-refractivity contribution >= 4 is 49.4 Å². The first kappa shape index (κ1) is 17.6. The predicted octanol–water partition coefficient (Wildman–Crippen LogP) is 2.42. The highest BCUT2D eigenvalue weighted by atomic mass is 79.9.